The molecule has 6 nitrogen and oxygen atoms in total. The molecule has 1 saturated carbocycles. The summed E-state index contributed by atoms with van der Waals surface area (Å²) in [5, 5.41) is 13.8. The molecule has 2 amide bonds. The van der Waals surface area contributed by atoms with Crippen molar-refractivity contribution in [1.29, 1.82) is 0 Å². The van der Waals surface area contributed by atoms with Crippen LogP contribution in [0.5, 0.6) is 0 Å². The van der Waals surface area contributed by atoms with Crippen molar-refractivity contribution >= 4 is 23.5 Å². The van der Waals surface area contributed by atoms with Crippen LogP contribution in [0.2, 0.25) is 0 Å². The molecule has 0 atom stereocenters. The van der Waals surface area contributed by atoms with Gasteiger partial charge in [-0.05, 0) is 61.8 Å². The molecule has 136 valence electrons. The monoisotopic (exact) mass is 346 g/mol. The molecule has 1 aromatic rings. The first-order chi connectivity index (χ1) is 11.9. The number of anilines is 1. The molecule has 0 unspecified atom stereocenters. The van der Waals surface area contributed by atoms with Crippen LogP contribution >= 0.6 is 0 Å². The topological polar surface area (TPSA) is 95.5 Å². The first kappa shape index (κ1) is 19.0. The molecule has 3 N–H and O–H groups in total. The number of amides is 2. The van der Waals surface area contributed by atoms with E-state index in [1.807, 2.05) is 0 Å². The van der Waals surface area contributed by atoms with E-state index in [1.54, 1.807) is 24.3 Å². The highest BCUT2D eigenvalue weighted by molar-refractivity contribution is 5.97. The highest BCUT2D eigenvalue weighted by atomic mass is 16.4. The molecule has 0 bridgehead atoms. The van der Waals surface area contributed by atoms with Gasteiger partial charge in [-0.1, -0.05) is 13.8 Å². The molecule has 1 aliphatic carbocycles. The fourth-order valence-corrected chi connectivity index (χ4v) is 3.26. The third-order valence-electron chi connectivity index (χ3n) is 4.90. The molecule has 6 heteroatoms. The van der Waals surface area contributed by atoms with Gasteiger partial charge in [-0.2, -0.15) is 0 Å². The number of carboxylic acid groups (broad SMARTS) is 1. The van der Waals surface area contributed by atoms with Crippen LogP contribution in [0.3, 0.4) is 0 Å². The van der Waals surface area contributed by atoms with E-state index in [2.05, 4.69) is 24.5 Å². The Bertz CT molecular complexity index is 617. The Labute approximate surface area is 148 Å². The van der Waals surface area contributed by atoms with Gasteiger partial charge in [-0.3, -0.25) is 14.4 Å². The molecule has 25 heavy (non-hydrogen) atoms. The summed E-state index contributed by atoms with van der Waals surface area (Å²) in [5.41, 5.74) is 1.00. The summed E-state index contributed by atoms with van der Waals surface area (Å²) in [5.74, 6) is -0.0768. The van der Waals surface area contributed by atoms with Crippen molar-refractivity contribution < 1.29 is 19.5 Å². The Balaban J connectivity index is 1.85. The van der Waals surface area contributed by atoms with Gasteiger partial charge in [0.25, 0.3) is 5.91 Å². The highest BCUT2D eigenvalue weighted by Crippen LogP contribution is 2.33. The van der Waals surface area contributed by atoms with Crippen LogP contribution in [-0.4, -0.2) is 29.4 Å². The molecule has 0 heterocycles. The normalized spacial score (nSPS) is 20.1. The lowest BCUT2D eigenvalue weighted by Gasteiger charge is -2.30. The molecular weight excluding hydrogens is 320 g/mol. The number of rotatable bonds is 6. The Hall–Kier alpha value is -2.37. The quantitative estimate of drug-likeness (QED) is 0.738. The fourth-order valence-electron chi connectivity index (χ4n) is 3.26. The molecule has 0 saturated heterocycles. The molecule has 0 aliphatic heterocycles. The lowest BCUT2D eigenvalue weighted by atomic mass is 9.76. The zero-order valence-electron chi connectivity index (χ0n) is 14.7. The van der Waals surface area contributed by atoms with E-state index < -0.39 is 18.4 Å². The number of benzene rings is 1. The summed E-state index contributed by atoms with van der Waals surface area (Å²) < 4.78 is 0. The third-order valence-corrected chi connectivity index (χ3v) is 4.90. The molecule has 1 fully saturated rings. The summed E-state index contributed by atoms with van der Waals surface area (Å²) in [6.45, 7) is 4.05. The second-order valence-corrected chi connectivity index (χ2v) is 7.00. The molecular formula is C19H26N2O4. The van der Waals surface area contributed by atoms with E-state index in [9.17, 15) is 14.4 Å². The minimum absolute atomic E-state index is 0.0327. The fraction of sp³-hybridized carbons (Fsp3) is 0.526. The number of carbonyl (C=O) groups is 3. The van der Waals surface area contributed by atoms with E-state index in [1.165, 1.54) is 0 Å². The summed E-state index contributed by atoms with van der Waals surface area (Å²) in [6, 6.07) is 6.46. The van der Waals surface area contributed by atoms with Crippen LogP contribution < -0.4 is 10.6 Å². The number of aliphatic carboxylic acids is 1. The van der Waals surface area contributed by atoms with Crippen molar-refractivity contribution in [3.05, 3.63) is 29.8 Å². The van der Waals surface area contributed by atoms with Crippen molar-refractivity contribution in [2.45, 2.75) is 39.5 Å². The van der Waals surface area contributed by atoms with Crippen LogP contribution in [0.4, 0.5) is 5.69 Å². The van der Waals surface area contributed by atoms with Crippen LogP contribution in [-0.2, 0) is 9.59 Å². The van der Waals surface area contributed by atoms with Gasteiger partial charge in [0.05, 0.1) is 0 Å². The predicted molar refractivity (Wildman–Crippen MR) is 95.3 cm³/mol. The molecule has 0 radical (unpaired) electrons. The standard InChI is InChI=1S/C19H26N2O4/c1-12(2)13-3-5-15(6-4-13)19(25)21-16-9-7-14(8-10-16)18(24)20-11-17(22)23/h7-10,12-13,15H,3-6,11H2,1-2H3,(H,20,24)(H,21,25)(H,22,23). The van der Waals surface area contributed by atoms with Crippen LogP contribution in [0, 0.1) is 17.8 Å². The largest absolute Gasteiger partial charge is 0.480 e. The SMILES string of the molecule is CC(C)C1CCC(C(=O)Nc2ccc(C(=O)NCC(=O)O)cc2)CC1. The van der Waals surface area contributed by atoms with Gasteiger partial charge in [-0.15, -0.1) is 0 Å². The zero-order chi connectivity index (χ0) is 18.4. The Kier molecular flexibility index (Phi) is 6.56. The van der Waals surface area contributed by atoms with Gasteiger partial charge < -0.3 is 15.7 Å². The first-order valence-electron chi connectivity index (χ1n) is 8.77. The molecule has 1 aliphatic rings. The highest BCUT2D eigenvalue weighted by Gasteiger charge is 2.27. The maximum Gasteiger partial charge on any atom is 0.322 e. The summed E-state index contributed by atoms with van der Waals surface area (Å²) in [4.78, 5) is 34.6. The van der Waals surface area contributed by atoms with Gasteiger partial charge in [0, 0.05) is 17.2 Å². The van der Waals surface area contributed by atoms with E-state index in [0.717, 1.165) is 25.7 Å². The van der Waals surface area contributed by atoms with Crippen LogP contribution in [0.25, 0.3) is 0 Å². The van der Waals surface area contributed by atoms with Gasteiger partial charge in [0.2, 0.25) is 5.91 Å². The lowest BCUT2D eigenvalue weighted by Crippen LogP contribution is -2.29. The average molecular weight is 346 g/mol. The Morgan fingerprint density at radius 2 is 1.68 bits per heavy atom. The molecule has 0 spiro atoms. The van der Waals surface area contributed by atoms with E-state index >= 15 is 0 Å². The van der Waals surface area contributed by atoms with E-state index in [0.29, 0.717) is 23.1 Å². The van der Waals surface area contributed by atoms with Crippen LogP contribution in [0.1, 0.15) is 49.9 Å². The minimum atomic E-state index is -1.09. The molecule has 1 aromatic carbocycles. The average Bonchev–Trinajstić information content (AvgIpc) is 2.60. The maximum atomic E-state index is 12.4. The maximum absolute atomic E-state index is 12.4. The lowest BCUT2D eigenvalue weighted by molar-refractivity contribution is -0.135. The summed E-state index contributed by atoms with van der Waals surface area (Å²) in [7, 11) is 0. The second-order valence-electron chi connectivity index (χ2n) is 7.00. The predicted octanol–water partition coefficient (Wildman–Crippen LogP) is 2.90. The minimum Gasteiger partial charge on any atom is -0.480 e. The number of carboxylic acids is 1. The van der Waals surface area contributed by atoms with Gasteiger partial charge in [0.15, 0.2) is 0 Å². The van der Waals surface area contributed by atoms with Crippen molar-refractivity contribution in [3.63, 3.8) is 0 Å². The molecule has 2 rings (SSSR count). The van der Waals surface area contributed by atoms with E-state index in [-0.39, 0.29) is 11.8 Å². The van der Waals surface area contributed by atoms with Crippen molar-refractivity contribution in [3.8, 4) is 0 Å². The summed E-state index contributed by atoms with van der Waals surface area (Å²) >= 11 is 0. The third kappa shape index (κ3) is 5.59. The van der Waals surface area contributed by atoms with Gasteiger partial charge in [0.1, 0.15) is 6.54 Å². The van der Waals surface area contributed by atoms with Gasteiger partial charge in [-0.25, -0.2) is 0 Å². The Morgan fingerprint density at radius 1 is 1.08 bits per heavy atom. The number of hydrogen-bond acceptors (Lipinski definition) is 3. The van der Waals surface area contributed by atoms with Crippen LogP contribution in [0.15, 0.2) is 24.3 Å². The van der Waals surface area contributed by atoms with Gasteiger partial charge >= 0.3 is 5.97 Å². The van der Waals surface area contributed by atoms with E-state index in [4.69, 9.17) is 5.11 Å². The van der Waals surface area contributed by atoms with Crippen molar-refractivity contribution in [2.75, 3.05) is 11.9 Å². The molecule has 0 aromatic heterocycles. The Morgan fingerprint density at radius 3 is 2.20 bits per heavy atom. The number of carbonyl (C=O) groups excluding carboxylic acids is 2. The second kappa shape index (κ2) is 8.65. The number of hydrogen-bond donors (Lipinski definition) is 3. The summed E-state index contributed by atoms with van der Waals surface area (Å²) in [6.07, 6.45) is 4.03. The number of nitrogens with one attached hydrogen (secondary N) is 2. The van der Waals surface area contributed by atoms with Crippen molar-refractivity contribution in [1.82, 2.24) is 5.32 Å². The van der Waals surface area contributed by atoms with Crippen molar-refractivity contribution in [2.24, 2.45) is 17.8 Å². The zero-order valence-corrected chi connectivity index (χ0v) is 14.7. The smallest absolute Gasteiger partial charge is 0.322 e. The first-order valence-corrected chi connectivity index (χ1v) is 8.77.